The lowest BCUT2D eigenvalue weighted by Crippen LogP contribution is -2.30. The summed E-state index contributed by atoms with van der Waals surface area (Å²) in [6, 6.07) is 1.08. The zero-order valence-electron chi connectivity index (χ0n) is 14.1. The van der Waals surface area contributed by atoms with Crippen molar-refractivity contribution in [2.24, 2.45) is 5.92 Å². The maximum atomic E-state index is 5.93. The van der Waals surface area contributed by atoms with Crippen LogP contribution in [0.5, 0.6) is 0 Å². The van der Waals surface area contributed by atoms with Gasteiger partial charge in [0.25, 0.3) is 0 Å². The summed E-state index contributed by atoms with van der Waals surface area (Å²) in [7, 11) is 6.09. The van der Waals surface area contributed by atoms with Gasteiger partial charge in [-0.15, -0.1) is 0 Å². The number of hydrogen-bond donors (Lipinski definition) is 0. The smallest absolute Gasteiger partial charge is 0.0718 e. The molecule has 2 fully saturated rings. The number of likely N-dealkylation sites (N-methyl/N-ethyl adjacent to an activating group) is 2. The highest BCUT2D eigenvalue weighted by Gasteiger charge is 2.30. The van der Waals surface area contributed by atoms with Crippen LogP contribution in [0.15, 0.2) is 0 Å². The van der Waals surface area contributed by atoms with E-state index >= 15 is 0 Å². The molecule has 5 heteroatoms. The molecule has 0 aliphatic carbocycles. The Morgan fingerprint density at radius 3 is 2.33 bits per heavy atom. The number of ether oxygens (including phenoxy) is 3. The second-order valence-corrected chi connectivity index (χ2v) is 6.79. The maximum Gasteiger partial charge on any atom is 0.0718 e. The molecule has 2 aliphatic rings. The van der Waals surface area contributed by atoms with E-state index in [1.165, 1.54) is 13.0 Å². The zero-order chi connectivity index (χ0) is 15.2. The first-order valence-electron chi connectivity index (χ1n) is 8.19. The van der Waals surface area contributed by atoms with Crippen molar-refractivity contribution in [3.8, 4) is 0 Å². The third kappa shape index (κ3) is 5.18. The van der Waals surface area contributed by atoms with Gasteiger partial charge in [0.15, 0.2) is 0 Å². The van der Waals surface area contributed by atoms with Gasteiger partial charge in [0.05, 0.1) is 32.5 Å². The number of nitrogens with zero attached hydrogens (tertiary/aromatic N) is 2. The van der Waals surface area contributed by atoms with Crippen LogP contribution in [0.4, 0.5) is 0 Å². The van der Waals surface area contributed by atoms with Crippen molar-refractivity contribution < 1.29 is 14.2 Å². The Hall–Kier alpha value is -0.200. The second-order valence-electron chi connectivity index (χ2n) is 6.79. The number of methoxy groups -OCH3 is 1. The number of rotatable bonds is 8. The Balaban J connectivity index is 1.52. The molecular formula is C16H32N2O3. The standard InChI is InChI=1S/C16H32N2O3/c1-13-7-14(17(2)9-13)12-20-5-6-21-16-8-15(11-19-4)18(3)10-16/h13-16H,5-12H2,1-4H3/t13?,14?,15-,16-/m0/s1. The Labute approximate surface area is 129 Å². The largest absolute Gasteiger partial charge is 0.383 e. The molecule has 2 heterocycles. The summed E-state index contributed by atoms with van der Waals surface area (Å²) >= 11 is 0. The zero-order valence-corrected chi connectivity index (χ0v) is 14.1. The van der Waals surface area contributed by atoms with Crippen LogP contribution in [0.25, 0.3) is 0 Å². The lowest BCUT2D eigenvalue weighted by molar-refractivity contribution is -0.000885. The molecule has 0 spiro atoms. The van der Waals surface area contributed by atoms with E-state index < -0.39 is 0 Å². The molecule has 0 bridgehead atoms. The maximum absolute atomic E-state index is 5.93. The van der Waals surface area contributed by atoms with Gasteiger partial charge < -0.3 is 19.1 Å². The molecule has 0 saturated carbocycles. The average molecular weight is 300 g/mol. The van der Waals surface area contributed by atoms with E-state index in [-0.39, 0.29) is 0 Å². The van der Waals surface area contributed by atoms with Gasteiger partial charge in [-0.1, -0.05) is 6.92 Å². The molecule has 5 nitrogen and oxygen atoms in total. The van der Waals surface area contributed by atoms with Crippen LogP contribution in [-0.4, -0.2) is 88.7 Å². The van der Waals surface area contributed by atoms with Crippen molar-refractivity contribution in [3.05, 3.63) is 0 Å². The molecule has 124 valence electrons. The van der Waals surface area contributed by atoms with Gasteiger partial charge in [-0.3, -0.25) is 4.90 Å². The summed E-state index contributed by atoms with van der Waals surface area (Å²) in [5.41, 5.74) is 0. The summed E-state index contributed by atoms with van der Waals surface area (Å²) in [6.07, 6.45) is 2.64. The van der Waals surface area contributed by atoms with Gasteiger partial charge in [-0.05, 0) is 32.9 Å². The van der Waals surface area contributed by atoms with Crippen molar-refractivity contribution >= 4 is 0 Å². The van der Waals surface area contributed by atoms with Crippen molar-refractivity contribution in [3.63, 3.8) is 0 Å². The Morgan fingerprint density at radius 2 is 1.67 bits per heavy atom. The molecule has 2 unspecified atom stereocenters. The average Bonchev–Trinajstić information content (AvgIpc) is 2.93. The fourth-order valence-electron chi connectivity index (χ4n) is 3.58. The van der Waals surface area contributed by atoms with Crippen LogP contribution < -0.4 is 0 Å². The van der Waals surface area contributed by atoms with Crippen LogP contribution in [0.3, 0.4) is 0 Å². The van der Waals surface area contributed by atoms with E-state index in [9.17, 15) is 0 Å². The Bertz CT molecular complexity index is 303. The molecule has 0 aromatic heterocycles. The monoisotopic (exact) mass is 300 g/mol. The fourth-order valence-corrected chi connectivity index (χ4v) is 3.58. The number of likely N-dealkylation sites (tertiary alicyclic amines) is 2. The van der Waals surface area contributed by atoms with Crippen LogP contribution in [-0.2, 0) is 14.2 Å². The summed E-state index contributed by atoms with van der Waals surface area (Å²) in [5, 5.41) is 0. The minimum atomic E-state index is 0.327. The van der Waals surface area contributed by atoms with Gasteiger partial charge >= 0.3 is 0 Å². The summed E-state index contributed by atoms with van der Waals surface area (Å²) in [5.74, 6) is 0.798. The van der Waals surface area contributed by atoms with E-state index in [0.717, 1.165) is 32.1 Å². The lowest BCUT2D eigenvalue weighted by Gasteiger charge is -2.19. The minimum absolute atomic E-state index is 0.327. The number of hydrogen-bond acceptors (Lipinski definition) is 5. The van der Waals surface area contributed by atoms with E-state index in [0.29, 0.717) is 31.4 Å². The van der Waals surface area contributed by atoms with Crippen molar-refractivity contribution in [1.29, 1.82) is 0 Å². The minimum Gasteiger partial charge on any atom is -0.383 e. The van der Waals surface area contributed by atoms with E-state index in [1.54, 1.807) is 7.11 Å². The topological polar surface area (TPSA) is 34.2 Å². The molecule has 2 aliphatic heterocycles. The lowest BCUT2D eigenvalue weighted by atomic mass is 10.1. The van der Waals surface area contributed by atoms with Gasteiger partial charge in [-0.25, -0.2) is 0 Å². The third-order valence-corrected chi connectivity index (χ3v) is 4.80. The highest BCUT2D eigenvalue weighted by atomic mass is 16.5. The first kappa shape index (κ1) is 17.2. The van der Waals surface area contributed by atoms with Crippen LogP contribution in [0.2, 0.25) is 0 Å². The Kier molecular flexibility index (Phi) is 6.89. The second kappa shape index (κ2) is 8.44. The predicted molar refractivity (Wildman–Crippen MR) is 83.7 cm³/mol. The van der Waals surface area contributed by atoms with Crippen LogP contribution in [0, 0.1) is 5.92 Å². The molecule has 2 rings (SSSR count). The summed E-state index contributed by atoms with van der Waals surface area (Å²) < 4.78 is 17.0. The summed E-state index contributed by atoms with van der Waals surface area (Å²) in [6.45, 7) is 7.53. The first-order chi connectivity index (χ1) is 10.1. The molecule has 2 saturated heterocycles. The predicted octanol–water partition coefficient (Wildman–Crippen LogP) is 1.08. The SMILES string of the molecule is COC[C@@H]1C[C@H](OCCOCC2CC(C)CN2C)CN1C. The molecule has 21 heavy (non-hydrogen) atoms. The van der Waals surface area contributed by atoms with E-state index in [4.69, 9.17) is 14.2 Å². The quantitative estimate of drug-likeness (QED) is 0.627. The third-order valence-electron chi connectivity index (χ3n) is 4.80. The van der Waals surface area contributed by atoms with Crippen LogP contribution in [0.1, 0.15) is 19.8 Å². The van der Waals surface area contributed by atoms with E-state index in [2.05, 4.69) is 30.8 Å². The van der Waals surface area contributed by atoms with Crippen molar-refractivity contribution in [2.45, 2.75) is 38.0 Å². The Morgan fingerprint density at radius 1 is 0.952 bits per heavy atom. The van der Waals surface area contributed by atoms with Gasteiger partial charge in [-0.2, -0.15) is 0 Å². The first-order valence-corrected chi connectivity index (χ1v) is 8.19. The highest BCUT2D eigenvalue weighted by Crippen LogP contribution is 2.21. The highest BCUT2D eigenvalue weighted by molar-refractivity contribution is 4.84. The van der Waals surface area contributed by atoms with Gasteiger partial charge in [0.1, 0.15) is 0 Å². The van der Waals surface area contributed by atoms with E-state index in [1.807, 2.05) is 0 Å². The normalized spacial score (nSPS) is 34.9. The summed E-state index contributed by atoms with van der Waals surface area (Å²) in [4.78, 5) is 4.73. The van der Waals surface area contributed by atoms with Gasteiger partial charge in [0, 0.05) is 32.3 Å². The molecule has 0 aromatic carbocycles. The van der Waals surface area contributed by atoms with Crippen molar-refractivity contribution in [2.75, 3.05) is 60.7 Å². The molecule has 0 amide bonds. The molecule has 4 atom stereocenters. The van der Waals surface area contributed by atoms with Crippen molar-refractivity contribution in [1.82, 2.24) is 9.80 Å². The molecule has 0 radical (unpaired) electrons. The van der Waals surface area contributed by atoms with Gasteiger partial charge in [0.2, 0.25) is 0 Å². The molecule has 0 aromatic rings. The molecular weight excluding hydrogens is 268 g/mol. The molecule has 0 N–H and O–H groups in total. The van der Waals surface area contributed by atoms with Crippen LogP contribution >= 0.6 is 0 Å². The fraction of sp³-hybridized carbons (Fsp3) is 1.00.